The van der Waals surface area contributed by atoms with E-state index >= 15 is 0 Å². The first-order valence-corrected chi connectivity index (χ1v) is 12.8. The molecule has 210 valence electrons. The summed E-state index contributed by atoms with van der Waals surface area (Å²) in [6.45, 7) is -0.00176. The van der Waals surface area contributed by atoms with Gasteiger partial charge in [-0.1, -0.05) is 54.6 Å². The molecule has 1 heterocycles. The number of carbonyl (C=O) groups is 4. The van der Waals surface area contributed by atoms with Crippen molar-refractivity contribution in [3.05, 3.63) is 126 Å². The predicted molar refractivity (Wildman–Crippen MR) is 153 cm³/mol. The lowest BCUT2D eigenvalue weighted by Crippen LogP contribution is -2.54. The summed E-state index contributed by atoms with van der Waals surface area (Å²) < 4.78 is 24.9. The molecule has 0 spiro atoms. The van der Waals surface area contributed by atoms with E-state index in [0.717, 1.165) is 10.5 Å². The van der Waals surface area contributed by atoms with Crippen LogP contribution in [0.5, 0.6) is 11.5 Å². The van der Waals surface area contributed by atoms with Crippen LogP contribution in [0.25, 0.3) is 6.08 Å². The summed E-state index contributed by atoms with van der Waals surface area (Å²) in [6.07, 6.45) is 1.35. The second kappa shape index (κ2) is 12.6. The molecular formula is C32H24FN3O6. The lowest BCUT2D eigenvalue weighted by molar-refractivity contribution is -0.122. The molecule has 0 aliphatic carbocycles. The Morgan fingerprint density at radius 3 is 2.17 bits per heavy atom. The van der Waals surface area contributed by atoms with Gasteiger partial charge in [0.15, 0.2) is 6.61 Å². The Balaban J connectivity index is 1.22. The molecule has 1 aliphatic rings. The quantitative estimate of drug-likeness (QED) is 0.216. The van der Waals surface area contributed by atoms with Gasteiger partial charge < -0.3 is 14.8 Å². The Morgan fingerprint density at radius 1 is 0.810 bits per heavy atom. The highest BCUT2D eigenvalue weighted by Gasteiger charge is 2.36. The fourth-order valence-corrected chi connectivity index (χ4v) is 4.05. The van der Waals surface area contributed by atoms with Gasteiger partial charge in [-0.3, -0.25) is 19.7 Å². The van der Waals surface area contributed by atoms with Crippen LogP contribution in [-0.2, 0) is 21.0 Å². The third-order valence-electron chi connectivity index (χ3n) is 6.15. The Kier molecular flexibility index (Phi) is 8.34. The predicted octanol–water partition coefficient (Wildman–Crippen LogP) is 5.09. The van der Waals surface area contributed by atoms with Gasteiger partial charge >= 0.3 is 6.03 Å². The van der Waals surface area contributed by atoms with Gasteiger partial charge in [0, 0.05) is 0 Å². The van der Waals surface area contributed by atoms with Crippen LogP contribution in [0.15, 0.2) is 109 Å². The summed E-state index contributed by atoms with van der Waals surface area (Å²) in [4.78, 5) is 51.3. The molecule has 0 bridgehead atoms. The van der Waals surface area contributed by atoms with E-state index in [4.69, 9.17) is 9.47 Å². The van der Waals surface area contributed by atoms with Crippen molar-refractivity contribution in [1.29, 1.82) is 0 Å². The van der Waals surface area contributed by atoms with E-state index < -0.39 is 29.6 Å². The molecule has 0 aromatic heterocycles. The molecule has 0 atom stereocenters. The van der Waals surface area contributed by atoms with Crippen molar-refractivity contribution in [2.45, 2.75) is 6.61 Å². The molecule has 4 aromatic rings. The van der Waals surface area contributed by atoms with Crippen molar-refractivity contribution >= 4 is 41.2 Å². The van der Waals surface area contributed by atoms with E-state index in [1.807, 2.05) is 30.3 Å². The zero-order valence-electron chi connectivity index (χ0n) is 22.1. The van der Waals surface area contributed by atoms with Crippen molar-refractivity contribution < 1.29 is 33.0 Å². The van der Waals surface area contributed by atoms with E-state index in [0.29, 0.717) is 23.7 Å². The highest BCUT2D eigenvalue weighted by Crippen LogP contribution is 2.25. The zero-order chi connectivity index (χ0) is 29.5. The Hall–Kier alpha value is -5.77. The molecule has 0 unspecified atom stereocenters. The zero-order valence-corrected chi connectivity index (χ0v) is 22.1. The smallest absolute Gasteiger partial charge is 0.335 e. The van der Waals surface area contributed by atoms with Gasteiger partial charge in [0.05, 0.1) is 11.4 Å². The summed E-state index contributed by atoms with van der Waals surface area (Å²) in [6, 6.07) is 27.2. The molecule has 5 amide bonds. The number of amides is 5. The Labute approximate surface area is 240 Å². The van der Waals surface area contributed by atoms with Crippen LogP contribution in [0, 0.1) is 5.82 Å². The van der Waals surface area contributed by atoms with Crippen molar-refractivity contribution in [3.8, 4) is 11.5 Å². The first-order valence-electron chi connectivity index (χ1n) is 12.8. The minimum absolute atomic E-state index is 0.0448. The van der Waals surface area contributed by atoms with Crippen LogP contribution in [0.2, 0.25) is 0 Å². The number of carbonyl (C=O) groups excluding carboxylic acids is 4. The van der Waals surface area contributed by atoms with Crippen molar-refractivity contribution in [3.63, 3.8) is 0 Å². The lowest BCUT2D eigenvalue weighted by Gasteiger charge is -2.26. The average Bonchev–Trinajstić information content (AvgIpc) is 3.00. The SMILES string of the molecule is O=C(COc1ccc(/C=C2/C(=O)NC(=O)N(c3ccc(OCc4ccccc4)cc3)C2=O)cc1)Nc1ccccc1F. The average molecular weight is 566 g/mol. The van der Waals surface area contributed by atoms with Crippen LogP contribution >= 0.6 is 0 Å². The number of barbiturate groups is 1. The molecule has 4 aromatic carbocycles. The second-order valence-electron chi connectivity index (χ2n) is 9.11. The normalized spacial score (nSPS) is 14.0. The summed E-state index contributed by atoms with van der Waals surface area (Å²) in [5.74, 6) is -1.83. The number of ether oxygens (including phenoxy) is 2. The number of rotatable bonds is 9. The van der Waals surface area contributed by atoms with Crippen molar-refractivity contribution in [2.24, 2.45) is 0 Å². The van der Waals surface area contributed by atoms with Crippen LogP contribution in [0.3, 0.4) is 0 Å². The molecule has 1 aliphatic heterocycles. The van der Waals surface area contributed by atoms with Gasteiger partial charge in [-0.25, -0.2) is 14.1 Å². The minimum atomic E-state index is -0.863. The van der Waals surface area contributed by atoms with Gasteiger partial charge in [0.25, 0.3) is 17.7 Å². The molecule has 42 heavy (non-hydrogen) atoms. The van der Waals surface area contributed by atoms with E-state index in [1.165, 1.54) is 24.3 Å². The number of anilines is 2. The molecule has 1 fully saturated rings. The maximum absolute atomic E-state index is 13.7. The first-order chi connectivity index (χ1) is 20.4. The number of urea groups is 1. The van der Waals surface area contributed by atoms with Gasteiger partial charge in [0.2, 0.25) is 0 Å². The second-order valence-corrected chi connectivity index (χ2v) is 9.11. The molecule has 2 N–H and O–H groups in total. The number of nitrogens with zero attached hydrogens (tertiary/aromatic N) is 1. The Bertz CT molecular complexity index is 1650. The highest BCUT2D eigenvalue weighted by molar-refractivity contribution is 6.39. The topological polar surface area (TPSA) is 114 Å². The number of hydrogen-bond donors (Lipinski definition) is 2. The van der Waals surface area contributed by atoms with Crippen LogP contribution in [0.1, 0.15) is 11.1 Å². The summed E-state index contributed by atoms with van der Waals surface area (Å²) in [7, 11) is 0. The van der Waals surface area contributed by atoms with Gasteiger partial charge in [-0.15, -0.1) is 0 Å². The van der Waals surface area contributed by atoms with Gasteiger partial charge in [-0.05, 0) is 65.7 Å². The molecule has 1 saturated heterocycles. The van der Waals surface area contributed by atoms with Crippen molar-refractivity contribution in [2.75, 3.05) is 16.8 Å². The molecule has 0 radical (unpaired) electrons. The summed E-state index contributed by atoms with van der Waals surface area (Å²) in [5.41, 5.74) is 1.54. The number of benzene rings is 4. The Morgan fingerprint density at radius 2 is 1.45 bits per heavy atom. The number of para-hydroxylation sites is 1. The summed E-state index contributed by atoms with van der Waals surface area (Å²) >= 11 is 0. The first kappa shape index (κ1) is 27.8. The fourth-order valence-electron chi connectivity index (χ4n) is 4.05. The molecule has 9 nitrogen and oxygen atoms in total. The number of imide groups is 2. The van der Waals surface area contributed by atoms with Crippen LogP contribution in [0.4, 0.5) is 20.6 Å². The minimum Gasteiger partial charge on any atom is -0.489 e. The van der Waals surface area contributed by atoms with Crippen LogP contribution in [-0.4, -0.2) is 30.4 Å². The van der Waals surface area contributed by atoms with E-state index in [2.05, 4.69) is 10.6 Å². The third-order valence-corrected chi connectivity index (χ3v) is 6.15. The van der Waals surface area contributed by atoms with E-state index in [9.17, 15) is 23.6 Å². The number of halogens is 1. The largest absolute Gasteiger partial charge is 0.489 e. The van der Waals surface area contributed by atoms with E-state index in [-0.39, 0.29) is 23.6 Å². The number of nitrogens with one attached hydrogen (secondary N) is 2. The molecule has 10 heteroatoms. The maximum atomic E-state index is 13.7. The molecule has 5 rings (SSSR count). The third kappa shape index (κ3) is 6.68. The van der Waals surface area contributed by atoms with Gasteiger partial charge in [0.1, 0.15) is 29.5 Å². The highest BCUT2D eigenvalue weighted by atomic mass is 19.1. The molecule has 0 saturated carbocycles. The number of hydrogen-bond acceptors (Lipinski definition) is 6. The van der Waals surface area contributed by atoms with Gasteiger partial charge in [-0.2, -0.15) is 0 Å². The maximum Gasteiger partial charge on any atom is 0.335 e. The standard InChI is InChI=1S/C32H24FN3O6/c33-27-8-4-5-9-28(27)34-29(37)20-42-24-14-10-21(11-15-24)18-26-30(38)35-32(40)36(31(26)39)23-12-16-25(17-13-23)41-19-22-6-2-1-3-7-22/h1-18H,19-20H2,(H,34,37)(H,35,38,40)/b26-18-. The molecular weight excluding hydrogens is 541 g/mol. The lowest BCUT2D eigenvalue weighted by atomic mass is 10.1. The van der Waals surface area contributed by atoms with Crippen LogP contribution < -0.4 is 25.0 Å². The summed E-state index contributed by atoms with van der Waals surface area (Å²) in [5, 5.41) is 4.61. The van der Waals surface area contributed by atoms with Crippen molar-refractivity contribution in [1.82, 2.24) is 5.32 Å². The van der Waals surface area contributed by atoms with E-state index in [1.54, 1.807) is 54.6 Å². The monoisotopic (exact) mass is 565 g/mol. The fraction of sp³-hybridized carbons (Fsp3) is 0.0625.